The molecule has 3 aromatic rings. The molecule has 4 rings (SSSR count). The Balaban J connectivity index is 1.45. The Morgan fingerprint density at radius 1 is 1.28 bits per heavy atom. The first-order valence-corrected chi connectivity index (χ1v) is 12.4. The number of nitrogens with zero attached hydrogens (tertiary/aromatic N) is 5. The molecule has 9 heteroatoms. The van der Waals surface area contributed by atoms with Gasteiger partial charge in [-0.2, -0.15) is 0 Å². The van der Waals surface area contributed by atoms with Gasteiger partial charge in [0.1, 0.15) is 5.82 Å². The molecule has 1 aliphatic rings. The smallest absolute Gasteiger partial charge is 0.225 e. The van der Waals surface area contributed by atoms with E-state index in [9.17, 15) is 4.79 Å². The maximum absolute atomic E-state index is 12.9. The highest BCUT2D eigenvalue weighted by atomic mass is 35.5. The van der Waals surface area contributed by atoms with Crippen molar-refractivity contribution in [3.8, 4) is 0 Å². The van der Waals surface area contributed by atoms with Crippen molar-refractivity contribution in [3.63, 3.8) is 0 Å². The summed E-state index contributed by atoms with van der Waals surface area (Å²) in [7, 11) is 0. The van der Waals surface area contributed by atoms with E-state index in [-0.39, 0.29) is 11.8 Å². The van der Waals surface area contributed by atoms with Gasteiger partial charge in [0.25, 0.3) is 0 Å². The number of aromatic nitrogens is 4. The maximum Gasteiger partial charge on any atom is 0.225 e. The van der Waals surface area contributed by atoms with E-state index >= 15 is 0 Å². The number of pyridine rings is 2. The number of piperidine rings is 1. The van der Waals surface area contributed by atoms with Gasteiger partial charge in [0.15, 0.2) is 0 Å². The molecule has 0 radical (unpaired) electrons. The molecule has 0 aliphatic carbocycles. The SMILES string of the molecule is C=CC(Cl)=C(C=CC)CNc1ncc2c(N3CCCC(C(=O)NCc4cccnc4)C3)nccc2n1. The average Bonchev–Trinajstić information content (AvgIpc) is 2.93. The van der Waals surface area contributed by atoms with Crippen molar-refractivity contribution in [2.45, 2.75) is 26.3 Å². The van der Waals surface area contributed by atoms with Crippen LogP contribution in [0.1, 0.15) is 25.3 Å². The number of allylic oxidation sites excluding steroid dienone is 3. The molecule has 1 atom stereocenters. The molecule has 186 valence electrons. The Morgan fingerprint density at radius 3 is 2.94 bits per heavy atom. The van der Waals surface area contributed by atoms with E-state index in [2.05, 4.69) is 42.0 Å². The molecule has 1 unspecified atom stereocenters. The number of hydrogen-bond donors (Lipinski definition) is 2. The molecule has 1 fully saturated rings. The number of halogens is 1. The molecule has 2 N–H and O–H groups in total. The number of rotatable bonds is 9. The molecule has 1 saturated heterocycles. The van der Waals surface area contributed by atoms with Crippen LogP contribution in [0.2, 0.25) is 0 Å². The van der Waals surface area contributed by atoms with Crippen LogP contribution >= 0.6 is 11.6 Å². The van der Waals surface area contributed by atoms with E-state index in [1.165, 1.54) is 0 Å². The third-order valence-corrected chi connectivity index (χ3v) is 6.46. The maximum atomic E-state index is 12.9. The second kappa shape index (κ2) is 12.3. The minimum atomic E-state index is -0.110. The van der Waals surface area contributed by atoms with E-state index in [0.29, 0.717) is 30.6 Å². The molecule has 4 heterocycles. The third kappa shape index (κ3) is 6.26. The van der Waals surface area contributed by atoms with Gasteiger partial charge in [0.05, 0.1) is 16.8 Å². The zero-order valence-electron chi connectivity index (χ0n) is 20.3. The van der Waals surface area contributed by atoms with Crippen LogP contribution in [0.3, 0.4) is 0 Å². The van der Waals surface area contributed by atoms with E-state index in [0.717, 1.165) is 47.2 Å². The normalized spacial score (nSPS) is 16.6. The number of carbonyl (C=O) groups is 1. The molecule has 3 aromatic heterocycles. The van der Waals surface area contributed by atoms with Gasteiger partial charge in [-0.3, -0.25) is 9.78 Å². The number of carbonyl (C=O) groups excluding carboxylic acids is 1. The first-order chi connectivity index (χ1) is 17.6. The zero-order valence-corrected chi connectivity index (χ0v) is 21.1. The molecule has 8 nitrogen and oxygen atoms in total. The van der Waals surface area contributed by atoms with Crippen molar-refractivity contribution in [3.05, 3.63) is 84.0 Å². The van der Waals surface area contributed by atoms with Crippen molar-refractivity contribution in [1.29, 1.82) is 0 Å². The van der Waals surface area contributed by atoms with Crippen LogP contribution in [-0.2, 0) is 11.3 Å². The zero-order chi connectivity index (χ0) is 25.3. The first kappa shape index (κ1) is 25.3. The van der Waals surface area contributed by atoms with Gasteiger partial charge in [0.2, 0.25) is 11.9 Å². The molecule has 0 saturated carbocycles. The quantitative estimate of drug-likeness (QED) is 0.411. The highest BCUT2D eigenvalue weighted by Crippen LogP contribution is 2.28. The highest BCUT2D eigenvalue weighted by molar-refractivity contribution is 6.31. The summed E-state index contributed by atoms with van der Waals surface area (Å²) < 4.78 is 0. The van der Waals surface area contributed by atoms with Crippen molar-refractivity contribution in [2.75, 3.05) is 29.9 Å². The molecule has 0 bridgehead atoms. The summed E-state index contributed by atoms with van der Waals surface area (Å²) in [6, 6.07) is 5.69. The number of nitrogens with one attached hydrogen (secondary N) is 2. The fraction of sp³-hybridized carbons (Fsp3) is 0.296. The Hall–Kier alpha value is -3.78. The Kier molecular flexibility index (Phi) is 8.62. The third-order valence-electron chi connectivity index (χ3n) is 6.06. The van der Waals surface area contributed by atoms with Crippen molar-refractivity contribution < 1.29 is 4.79 Å². The van der Waals surface area contributed by atoms with Crippen LogP contribution < -0.4 is 15.5 Å². The van der Waals surface area contributed by atoms with E-state index in [4.69, 9.17) is 11.6 Å². The van der Waals surface area contributed by atoms with Gasteiger partial charge in [-0.1, -0.05) is 42.5 Å². The number of hydrogen-bond acceptors (Lipinski definition) is 7. The summed E-state index contributed by atoms with van der Waals surface area (Å²) in [5.41, 5.74) is 2.66. The number of amides is 1. The lowest BCUT2D eigenvalue weighted by Crippen LogP contribution is -2.43. The van der Waals surface area contributed by atoms with Crippen LogP contribution in [0.4, 0.5) is 11.8 Å². The molecule has 0 aromatic carbocycles. The Bertz CT molecular complexity index is 1280. The monoisotopic (exact) mass is 503 g/mol. The molecule has 1 aliphatic heterocycles. The van der Waals surface area contributed by atoms with Gasteiger partial charge in [0, 0.05) is 56.0 Å². The second-order valence-electron chi connectivity index (χ2n) is 8.56. The number of fused-ring (bicyclic) bond motifs is 1. The molecule has 0 spiro atoms. The minimum absolute atomic E-state index is 0.0506. The summed E-state index contributed by atoms with van der Waals surface area (Å²) in [6.45, 7) is 8.04. The van der Waals surface area contributed by atoms with Crippen LogP contribution in [0.25, 0.3) is 10.9 Å². The molecule has 36 heavy (non-hydrogen) atoms. The van der Waals surface area contributed by atoms with Crippen LogP contribution in [0.5, 0.6) is 0 Å². The van der Waals surface area contributed by atoms with Gasteiger partial charge in [-0.15, -0.1) is 0 Å². The second-order valence-corrected chi connectivity index (χ2v) is 8.96. The largest absolute Gasteiger partial charge is 0.355 e. The molecular weight excluding hydrogens is 474 g/mol. The fourth-order valence-electron chi connectivity index (χ4n) is 4.23. The van der Waals surface area contributed by atoms with Gasteiger partial charge < -0.3 is 15.5 Å². The van der Waals surface area contributed by atoms with Gasteiger partial charge in [-0.25, -0.2) is 15.0 Å². The first-order valence-electron chi connectivity index (χ1n) is 12.0. The standard InChI is InChI=1S/C27H30ClN7O/c1-3-7-20(23(28)4-2)16-32-27-33-17-22-24(34-27)10-12-30-25(22)35-13-6-9-21(18-35)26(36)31-15-19-8-5-11-29-14-19/h3-5,7-8,10-12,14,17,21H,2,6,9,13,15-16,18H2,1H3,(H,31,36)(H,32,33,34). The van der Waals surface area contributed by atoms with Crippen LogP contribution in [0, 0.1) is 5.92 Å². The van der Waals surface area contributed by atoms with Crippen LogP contribution in [0.15, 0.2) is 78.4 Å². The topological polar surface area (TPSA) is 95.9 Å². The average molecular weight is 504 g/mol. The van der Waals surface area contributed by atoms with Gasteiger partial charge in [-0.05, 0) is 43.0 Å². The van der Waals surface area contributed by atoms with E-state index in [1.54, 1.807) is 30.9 Å². The van der Waals surface area contributed by atoms with Gasteiger partial charge >= 0.3 is 0 Å². The van der Waals surface area contributed by atoms with Crippen LogP contribution in [-0.4, -0.2) is 45.5 Å². The Morgan fingerprint density at radius 2 is 2.17 bits per heavy atom. The highest BCUT2D eigenvalue weighted by Gasteiger charge is 2.27. The Labute approximate surface area is 216 Å². The summed E-state index contributed by atoms with van der Waals surface area (Å²) in [5.74, 6) is 1.24. The predicted octanol–water partition coefficient (Wildman–Crippen LogP) is 4.62. The lowest BCUT2D eigenvalue weighted by Gasteiger charge is -2.33. The minimum Gasteiger partial charge on any atom is -0.355 e. The summed E-state index contributed by atoms with van der Waals surface area (Å²) >= 11 is 6.25. The van der Waals surface area contributed by atoms with E-state index in [1.807, 2.05) is 37.3 Å². The van der Waals surface area contributed by atoms with E-state index < -0.39 is 0 Å². The van der Waals surface area contributed by atoms with Crippen molar-refractivity contribution in [2.24, 2.45) is 5.92 Å². The summed E-state index contributed by atoms with van der Waals surface area (Å²) in [6.07, 6.45) is 14.2. The van der Waals surface area contributed by atoms with Crippen molar-refractivity contribution >= 4 is 40.2 Å². The lowest BCUT2D eigenvalue weighted by atomic mass is 9.96. The van der Waals surface area contributed by atoms with Crippen molar-refractivity contribution in [1.82, 2.24) is 25.3 Å². The molecular formula is C27H30ClN7O. The molecule has 1 amide bonds. The summed E-state index contributed by atoms with van der Waals surface area (Å²) in [4.78, 5) is 32.9. The fourth-order valence-corrected chi connectivity index (χ4v) is 4.36. The number of anilines is 2. The summed E-state index contributed by atoms with van der Waals surface area (Å²) in [5, 5.41) is 7.71. The lowest BCUT2D eigenvalue weighted by molar-refractivity contribution is -0.125. The predicted molar refractivity (Wildman–Crippen MR) is 145 cm³/mol.